The third-order valence-electron chi connectivity index (χ3n) is 5.14. The van der Waals surface area contributed by atoms with Crippen LogP contribution in [0, 0.1) is 0 Å². The van der Waals surface area contributed by atoms with Crippen LogP contribution in [0.2, 0.25) is 0 Å². The van der Waals surface area contributed by atoms with Crippen molar-refractivity contribution in [3.05, 3.63) is 59.9 Å². The van der Waals surface area contributed by atoms with Crippen molar-refractivity contribution >= 4 is 11.7 Å². The van der Waals surface area contributed by atoms with Gasteiger partial charge in [-0.2, -0.15) is 0 Å². The molecule has 5 nitrogen and oxygen atoms in total. The third kappa shape index (κ3) is 4.41. The molecule has 1 fully saturated rings. The predicted molar refractivity (Wildman–Crippen MR) is 102 cm³/mol. The van der Waals surface area contributed by atoms with Gasteiger partial charge in [-0.15, -0.1) is 0 Å². The Morgan fingerprint density at radius 3 is 2.62 bits per heavy atom. The lowest BCUT2D eigenvalue weighted by molar-refractivity contribution is -0.127. The van der Waals surface area contributed by atoms with Crippen LogP contribution < -0.4 is 5.32 Å². The zero-order valence-electron chi connectivity index (χ0n) is 15.5. The van der Waals surface area contributed by atoms with Gasteiger partial charge in [0, 0.05) is 18.9 Å². The molecule has 26 heavy (non-hydrogen) atoms. The van der Waals surface area contributed by atoms with Crippen LogP contribution >= 0.6 is 0 Å². The molecule has 1 aliphatic heterocycles. The first-order valence-electron chi connectivity index (χ1n) is 9.23. The minimum atomic E-state index is -0.471. The number of nitrogens with zero attached hydrogens (tertiary/aromatic N) is 2. The molecule has 138 valence electrons. The van der Waals surface area contributed by atoms with Crippen LogP contribution in [0.25, 0.3) is 0 Å². The van der Waals surface area contributed by atoms with E-state index >= 15 is 0 Å². The molecule has 0 spiro atoms. The highest BCUT2D eigenvalue weighted by atomic mass is 16.2. The number of carbonyl (C=O) groups is 2. The van der Waals surface area contributed by atoms with E-state index in [1.165, 1.54) is 12.6 Å². The van der Waals surface area contributed by atoms with E-state index in [1.54, 1.807) is 0 Å². The summed E-state index contributed by atoms with van der Waals surface area (Å²) in [7, 11) is 2.04. The Morgan fingerprint density at radius 2 is 1.96 bits per heavy atom. The first kappa shape index (κ1) is 18.4. The molecule has 0 unspecified atom stereocenters. The summed E-state index contributed by atoms with van der Waals surface area (Å²) in [6, 6.07) is 13.8. The fraction of sp³-hybridized carbons (Fsp3) is 0.429. The fourth-order valence-corrected chi connectivity index (χ4v) is 3.74. The van der Waals surface area contributed by atoms with Gasteiger partial charge in [-0.1, -0.05) is 30.3 Å². The first-order valence-corrected chi connectivity index (χ1v) is 9.23. The molecule has 1 aliphatic rings. The monoisotopic (exact) mass is 353 g/mol. The molecule has 2 heterocycles. The van der Waals surface area contributed by atoms with Crippen LogP contribution in [-0.4, -0.2) is 40.3 Å². The summed E-state index contributed by atoms with van der Waals surface area (Å²) in [5, 5.41) is 2.94. The van der Waals surface area contributed by atoms with Gasteiger partial charge in [0.15, 0.2) is 5.78 Å². The summed E-state index contributed by atoms with van der Waals surface area (Å²) in [5.74, 6) is -0.0927. The van der Waals surface area contributed by atoms with Crippen LogP contribution in [0.4, 0.5) is 0 Å². The second-order valence-electron chi connectivity index (χ2n) is 7.09. The molecule has 1 aromatic heterocycles. The van der Waals surface area contributed by atoms with E-state index in [9.17, 15) is 9.59 Å². The van der Waals surface area contributed by atoms with Crippen LogP contribution in [0.5, 0.6) is 0 Å². The average Bonchev–Trinajstić information content (AvgIpc) is 3.23. The van der Waals surface area contributed by atoms with Gasteiger partial charge in [0.1, 0.15) is 0 Å². The van der Waals surface area contributed by atoms with Crippen LogP contribution in [0.3, 0.4) is 0 Å². The predicted octanol–water partition coefficient (Wildman–Crippen LogP) is 2.48. The van der Waals surface area contributed by atoms with E-state index in [1.807, 2.05) is 49.6 Å². The maximum Gasteiger partial charge on any atom is 0.234 e. The van der Waals surface area contributed by atoms with Gasteiger partial charge in [-0.05, 0) is 50.4 Å². The van der Waals surface area contributed by atoms with Gasteiger partial charge >= 0.3 is 0 Å². The van der Waals surface area contributed by atoms with Crippen molar-refractivity contribution in [2.24, 2.45) is 7.05 Å². The molecule has 2 atom stereocenters. The highest BCUT2D eigenvalue weighted by molar-refractivity contribution is 5.88. The topological polar surface area (TPSA) is 54.3 Å². The number of benzene rings is 1. The molecule has 1 saturated heterocycles. The Balaban J connectivity index is 1.61. The lowest BCUT2D eigenvalue weighted by Crippen LogP contribution is -2.46. The number of carbonyl (C=O) groups excluding carboxylic acids is 2. The Hall–Kier alpha value is -2.40. The molecule has 1 aromatic carbocycles. The zero-order chi connectivity index (χ0) is 18.5. The number of amides is 1. The van der Waals surface area contributed by atoms with Crippen molar-refractivity contribution in [1.82, 2.24) is 14.8 Å². The fourth-order valence-electron chi connectivity index (χ4n) is 3.74. The number of Topliss-reactive ketones (excluding diaryl/α,β-unsaturated/α-hetero) is 1. The maximum atomic E-state index is 12.6. The molecule has 0 aliphatic carbocycles. The Bertz CT molecular complexity index is 754. The minimum absolute atomic E-state index is 0.0115. The van der Waals surface area contributed by atoms with Crippen molar-refractivity contribution < 1.29 is 9.59 Å². The first-order chi connectivity index (χ1) is 12.5. The number of hydrogen-bond acceptors (Lipinski definition) is 3. The highest BCUT2D eigenvalue weighted by Gasteiger charge is 2.29. The molecular formula is C21H27N3O2. The maximum absolute atomic E-state index is 12.6. The summed E-state index contributed by atoms with van der Waals surface area (Å²) in [5.41, 5.74) is 2.29. The van der Waals surface area contributed by atoms with Gasteiger partial charge in [0.25, 0.3) is 0 Å². The second kappa shape index (κ2) is 8.32. The SMILES string of the molecule is CC(=O)[C@H](Cc1ccccc1)NC(=O)CN1CCC[C@H]1c1cccn1C. The summed E-state index contributed by atoms with van der Waals surface area (Å²) in [6.07, 6.45) is 4.72. The number of aryl methyl sites for hydroxylation is 1. The normalized spacial score (nSPS) is 18.6. The number of ketones is 1. The number of rotatable bonds is 7. The van der Waals surface area contributed by atoms with Crippen LogP contribution in [-0.2, 0) is 23.1 Å². The van der Waals surface area contributed by atoms with Crippen molar-refractivity contribution in [3.8, 4) is 0 Å². The molecule has 1 amide bonds. The second-order valence-corrected chi connectivity index (χ2v) is 7.09. The van der Waals surface area contributed by atoms with E-state index in [0.29, 0.717) is 13.0 Å². The number of likely N-dealkylation sites (tertiary alicyclic amines) is 1. The summed E-state index contributed by atoms with van der Waals surface area (Å²) >= 11 is 0. The van der Waals surface area contributed by atoms with Crippen molar-refractivity contribution in [1.29, 1.82) is 0 Å². The molecule has 5 heteroatoms. The summed E-state index contributed by atoms with van der Waals surface area (Å²) in [6.45, 7) is 2.78. The van der Waals surface area contributed by atoms with E-state index in [0.717, 1.165) is 24.9 Å². The standard InChI is InChI=1S/C21H27N3O2/c1-16(25)18(14-17-8-4-3-5-9-17)22-21(26)15-24-13-7-11-20(24)19-10-6-12-23(19)2/h3-6,8-10,12,18,20H,7,11,13-15H2,1-2H3,(H,22,26)/t18-,20-/m0/s1. The molecule has 0 radical (unpaired) electrons. The zero-order valence-corrected chi connectivity index (χ0v) is 15.5. The summed E-state index contributed by atoms with van der Waals surface area (Å²) < 4.78 is 2.12. The lowest BCUT2D eigenvalue weighted by atomic mass is 10.0. The molecular weight excluding hydrogens is 326 g/mol. The number of hydrogen-bond donors (Lipinski definition) is 1. The molecule has 0 saturated carbocycles. The van der Waals surface area contributed by atoms with E-state index in [4.69, 9.17) is 0 Å². The Morgan fingerprint density at radius 1 is 1.19 bits per heavy atom. The van der Waals surface area contributed by atoms with Gasteiger partial charge in [-0.25, -0.2) is 0 Å². The molecule has 3 rings (SSSR count). The van der Waals surface area contributed by atoms with E-state index < -0.39 is 6.04 Å². The van der Waals surface area contributed by atoms with Gasteiger partial charge in [0.05, 0.1) is 18.6 Å². The van der Waals surface area contributed by atoms with Gasteiger partial charge < -0.3 is 9.88 Å². The van der Waals surface area contributed by atoms with Crippen molar-refractivity contribution in [2.45, 2.75) is 38.3 Å². The van der Waals surface area contributed by atoms with Crippen LogP contribution in [0.1, 0.15) is 37.1 Å². The highest BCUT2D eigenvalue weighted by Crippen LogP contribution is 2.31. The minimum Gasteiger partial charge on any atom is -0.353 e. The number of nitrogens with one attached hydrogen (secondary N) is 1. The smallest absolute Gasteiger partial charge is 0.234 e. The Labute approximate surface area is 155 Å². The molecule has 1 N–H and O–H groups in total. The van der Waals surface area contributed by atoms with Crippen molar-refractivity contribution in [2.75, 3.05) is 13.1 Å². The largest absolute Gasteiger partial charge is 0.353 e. The Kier molecular flexibility index (Phi) is 5.89. The van der Waals surface area contributed by atoms with Crippen LogP contribution in [0.15, 0.2) is 48.7 Å². The van der Waals surface area contributed by atoms with E-state index in [2.05, 4.69) is 20.9 Å². The van der Waals surface area contributed by atoms with E-state index in [-0.39, 0.29) is 17.7 Å². The van der Waals surface area contributed by atoms with Gasteiger partial charge in [0.2, 0.25) is 5.91 Å². The third-order valence-corrected chi connectivity index (χ3v) is 5.14. The van der Waals surface area contributed by atoms with Gasteiger partial charge in [-0.3, -0.25) is 14.5 Å². The van der Waals surface area contributed by atoms with Crippen molar-refractivity contribution in [3.63, 3.8) is 0 Å². The average molecular weight is 353 g/mol. The quantitative estimate of drug-likeness (QED) is 0.832. The lowest BCUT2D eigenvalue weighted by Gasteiger charge is -2.25. The number of aromatic nitrogens is 1. The molecule has 0 bridgehead atoms. The summed E-state index contributed by atoms with van der Waals surface area (Å²) in [4.78, 5) is 26.8. The molecule has 2 aromatic rings.